The molecule has 0 saturated heterocycles. The van der Waals surface area contributed by atoms with Gasteiger partial charge in [-0.15, -0.1) is 11.3 Å². The number of H-pyrrole nitrogens is 1. The van der Waals surface area contributed by atoms with Gasteiger partial charge in [-0.05, 0) is 12.1 Å². The van der Waals surface area contributed by atoms with Crippen LogP contribution in [0.1, 0.15) is 4.88 Å². The van der Waals surface area contributed by atoms with Gasteiger partial charge in [0.2, 0.25) is 5.91 Å². The number of thiophene rings is 1. The number of hydrogen-bond acceptors (Lipinski definition) is 3. The molecule has 2 rings (SSSR count). The van der Waals surface area contributed by atoms with Crippen LogP contribution in [0.3, 0.4) is 0 Å². The Morgan fingerprint density at radius 3 is 3.00 bits per heavy atom. The zero-order valence-corrected chi connectivity index (χ0v) is 10.2. The highest BCUT2D eigenvalue weighted by Crippen LogP contribution is 2.22. The Kier molecular flexibility index (Phi) is 3.26. The molecule has 1 amide bonds. The van der Waals surface area contributed by atoms with Crippen molar-refractivity contribution in [2.45, 2.75) is 6.42 Å². The van der Waals surface area contributed by atoms with Crippen molar-refractivity contribution in [1.82, 2.24) is 10.2 Å². The molecule has 0 atom stereocenters. The lowest BCUT2D eigenvalue weighted by atomic mass is 10.3. The number of amides is 1. The lowest BCUT2D eigenvalue weighted by Crippen LogP contribution is -2.27. The van der Waals surface area contributed by atoms with E-state index in [-0.39, 0.29) is 5.91 Å². The second-order valence-electron chi connectivity index (χ2n) is 3.29. The van der Waals surface area contributed by atoms with E-state index in [1.54, 1.807) is 30.4 Å². The molecule has 0 saturated carbocycles. The number of nitrogens with zero attached hydrogens (tertiary/aromatic N) is 2. The first kappa shape index (κ1) is 11.2. The maximum Gasteiger partial charge on any atom is 0.232 e. The number of carbonyl (C=O) groups excluding carboxylic acids is 1. The maximum atomic E-state index is 11.9. The Hall–Kier alpha value is -1.33. The van der Waals surface area contributed by atoms with Crippen molar-refractivity contribution in [3.8, 4) is 0 Å². The summed E-state index contributed by atoms with van der Waals surface area (Å²) in [5, 5.41) is 6.47. The van der Waals surface area contributed by atoms with E-state index >= 15 is 0 Å². The van der Waals surface area contributed by atoms with Crippen molar-refractivity contribution in [1.29, 1.82) is 0 Å². The molecule has 0 fully saturated rings. The average Bonchev–Trinajstić information content (AvgIpc) is 2.88. The summed E-state index contributed by atoms with van der Waals surface area (Å²) in [6.45, 7) is 0. The Morgan fingerprint density at radius 2 is 2.44 bits per heavy atom. The van der Waals surface area contributed by atoms with Crippen LogP contribution in [0.15, 0.2) is 24.5 Å². The molecule has 0 spiro atoms. The molecule has 2 aromatic rings. The van der Waals surface area contributed by atoms with Crippen LogP contribution in [0.25, 0.3) is 0 Å². The number of rotatable bonds is 3. The van der Waals surface area contributed by atoms with Gasteiger partial charge in [0, 0.05) is 18.1 Å². The fourth-order valence-corrected chi connectivity index (χ4v) is 2.36. The van der Waals surface area contributed by atoms with Crippen LogP contribution in [-0.4, -0.2) is 23.2 Å². The van der Waals surface area contributed by atoms with Crippen LogP contribution in [-0.2, 0) is 11.2 Å². The fraction of sp³-hybridized carbons (Fsp3) is 0.200. The van der Waals surface area contributed by atoms with Crippen molar-refractivity contribution in [2.75, 3.05) is 11.9 Å². The Balaban J connectivity index is 2.03. The number of nitrogens with one attached hydrogen (secondary N) is 1. The van der Waals surface area contributed by atoms with E-state index in [1.807, 2.05) is 6.07 Å². The van der Waals surface area contributed by atoms with Gasteiger partial charge < -0.3 is 4.90 Å². The molecule has 0 radical (unpaired) electrons. The summed E-state index contributed by atoms with van der Waals surface area (Å²) >= 11 is 7.23. The van der Waals surface area contributed by atoms with Crippen LogP contribution in [0.5, 0.6) is 0 Å². The molecule has 2 aromatic heterocycles. The summed E-state index contributed by atoms with van der Waals surface area (Å²) in [6, 6.07) is 3.67. The first-order chi connectivity index (χ1) is 7.66. The third kappa shape index (κ3) is 2.43. The molecule has 0 aromatic carbocycles. The third-order valence-electron chi connectivity index (χ3n) is 2.20. The largest absolute Gasteiger partial charge is 0.312 e. The summed E-state index contributed by atoms with van der Waals surface area (Å²) in [6.07, 6.45) is 3.65. The smallest absolute Gasteiger partial charge is 0.232 e. The quantitative estimate of drug-likeness (QED) is 0.915. The zero-order valence-electron chi connectivity index (χ0n) is 8.61. The molecule has 1 N–H and O–H groups in total. The van der Waals surface area contributed by atoms with E-state index in [1.165, 1.54) is 11.3 Å². The molecular weight excluding hydrogens is 246 g/mol. The van der Waals surface area contributed by atoms with Gasteiger partial charge >= 0.3 is 0 Å². The van der Waals surface area contributed by atoms with Gasteiger partial charge in [0.25, 0.3) is 0 Å². The van der Waals surface area contributed by atoms with Crippen molar-refractivity contribution in [2.24, 2.45) is 0 Å². The molecule has 0 aliphatic heterocycles. The molecule has 6 heteroatoms. The maximum absolute atomic E-state index is 11.9. The molecule has 0 unspecified atom stereocenters. The number of carbonyl (C=O) groups is 1. The zero-order chi connectivity index (χ0) is 11.5. The van der Waals surface area contributed by atoms with E-state index in [0.29, 0.717) is 10.8 Å². The molecule has 16 heavy (non-hydrogen) atoms. The molecule has 4 nitrogen and oxygen atoms in total. The summed E-state index contributed by atoms with van der Waals surface area (Å²) < 4.78 is 0.703. The van der Waals surface area contributed by atoms with Crippen molar-refractivity contribution < 1.29 is 4.79 Å². The third-order valence-corrected chi connectivity index (χ3v) is 3.43. The van der Waals surface area contributed by atoms with Gasteiger partial charge in [0.1, 0.15) is 0 Å². The van der Waals surface area contributed by atoms with Crippen LogP contribution >= 0.6 is 22.9 Å². The van der Waals surface area contributed by atoms with E-state index < -0.39 is 0 Å². The summed E-state index contributed by atoms with van der Waals surface area (Å²) in [4.78, 5) is 14.4. The first-order valence-electron chi connectivity index (χ1n) is 4.66. The average molecular weight is 256 g/mol. The van der Waals surface area contributed by atoms with Gasteiger partial charge in [-0.1, -0.05) is 11.6 Å². The summed E-state index contributed by atoms with van der Waals surface area (Å²) in [5.74, 6) is 0.0138. The minimum absolute atomic E-state index is 0.0138. The van der Waals surface area contributed by atoms with E-state index in [9.17, 15) is 4.79 Å². The fourth-order valence-electron chi connectivity index (χ4n) is 1.29. The predicted octanol–water partition coefficient (Wildman–Crippen LogP) is 2.33. The molecule has 2 heterocycles. The van der Waals surface area contributed by atoms with Gasteiger partial charge in [-0.2, -0.15) is 5.10 Å². The topological polar surface area (TPSA) is 49.0 Å². The van der Waals surface area contributed by atoms with Gasteiger partial charge in [0.05, 0.1) is 22.6 Å². The number of aromatic nitrogens is 2. The lowest BCUT2D eigenvalue weighted by molar-refractivity contribution is -0.117. The Bertz CT molecular complexity index is 480. The highest BCUT2D eigenvalue weighted by atomic mass is 35.5. The van der Waals surface area contributed by atoms with Crippen LogP contribution < -0.4 is 4.90 Å². The van der Waals surface area contributed by atoms with Crippen LogP contribution in [0, 0.1) is 0 Å². The van der Waals surface area contributed by atoms with E-state index in [0.717, 1.165) is 10.6 Å². The number of hydrogen-bond donors (Lipinski definition) is 1. The van der Waals surface area contributed by atoms with Gasteiger partial charge in [-0.3, -0.25) is 9.89 Å². The minimum atomic E-state index is 0.0138. The highest BCUT2D eigenvalue weighted by Gasteiger charge is 2.13. The standard InChI is InChI=1S/C10H10ClN3OS/c1-14(7-5-12-13-6-7)10(15)4-8-2-3-9(11)16-8/h2-3,5-6H,4H2,1H3,(H,12,13). The second-order valence-corrected chi connectivity index (χ2v) is 5.09. The molecule has 0 aliphatic carbocycles. The van der Waals surface area contributed by atoms with Gasteiger partial charge in [0.15, 0.2) is 0 Å². The Morgan fingerprint density at radius 1 is 1.62 bits per heavy atom. The van der Waals surface area contributed by atoms with Crippen LogP contribution in [0.4, 0.5) is 5.69 Å². The number of aromatic amines is 1. The summed E-state index contributed by atoms with van der Waals surface area (Å²) in [5.41, 5.74) is 0.757. The van der Waals surface area contributed by atoms with E-state index in [4.69, 9.17) is 11.6 Å². The van der Waals surface area contributed by atoms with Crippen molar-refractivity contribution in [3.05, 3.63) is 33.7 Å². The Labute approximate surface area is 102 Å². The summed E-state index contributed by atoms with van der Waals surface area (Å²) in [7, 11) is 1.72. The SMILES string of the molecule is CN(C(=O)Cc1ccc(Cl)s1)c1cn[nH]c1. The number of anilines is 1. The molecule has 84 valence electrons. The monoisotopic (exact) mass is 255 g/mol. The highest BCUT2D eigenvalue weighted by molar-refractivity contribution is 7.16. The second kappa shape index (κ2) is 4.67. The number of likely N-dealkylation sites (N-methyl/N-ethyl adjacent to an activating group) is 1. The number of halogens is 1. The molecule has 0 aliphatic rings. The van der Waals surface area contributed by atoms with Crippen molar-refractivity contribution in [3.63, 3.8) is 0 Å². The lowest BCUT2D eigenvalue weighted by Gasteiger charge is -2.13. The first-order valence-corrected chi connectivity index (χ1v) is 5.86. The van der Waals surface area contributed by atoms with Gasteiger partial charge in [-0.25, -0.2) is 0 Å². The minimum Gasteiger partial charge on any atom is -0.312 e. The normalized spacial score (nSPS) is 10.4. The molecule has 0 bridgehead atoms. The van der Waals surface area contributed by atoms with Crippen molar-refractivity contribution >= 4 is 34.5 Å². The predicted molar refractivity (Wildman–Crippen MR) is 65.0 cm³/mol. The van der Waals surface area contributed by atoms with E-state index in [2.05, 4.69) is 10.2 Å². The molecular formula is C10H10ClN3OS. The van der Waals surface area contributed by atoms with Crippen LogP contribution in [0.2, 0.25) is 4.34 Å².